The highest BCUT2D eigenvalue weighted by atomic mass is 16.4. The van der Waals surface area contributed by atoms with E-state index in [9.17, 15) is 19.5 Å². The van der Waals surface area contributed by atoms with E-state index in [1.54, 1.807) is 48.5 Å². The van der Waals surface area contributed by atoms with E-state index in [0.29, 0.717) is 27.8 Å². The number of aromatic carboxylic acids is 1. The van der Waals surface area contributed by atoms with E-state index in [1.165, 1.54) is 12.1 Å². The molecule has 0 aliphatic carbocycles. The van der Waals surface area contributed by atoms with Crippen LogP contribution in [0.3, 0.4) is 0 Å². The molecule has 0 unspecified atom stereocenters. The minimum atomic E-state index is -1.03. The second-order valence-electron chi connectivity index (χ2n) is 6.66. The van der Waals surface area contributed by atoms with Crippen LogP contribution in [0, 0.1) is 0 Å². The summed E-state index contributed by atoms with van der Waals surface area (Å²) in [5.74, 6) is -2.01. The van der Waals surface area contributed by atoms with E-state index in [2.05, 4.69) is 10.3 Å². The van der Waals surface area contributed by atoms with Crippen LogP contribution in [0.25, 0.3) is 22.2 Å². The number of aliphatic hydroxyl groups is 1. The van der Waals surface area contributed by atoms with E-state index in [4.69, 9.17) is 5.11 Å². The number of hydrogen-bond donors (Lipinski definition) is 3. The highest BCUT2D eigenvalue weighted by Gasteiger charge is 2.30. The number of carbonyl (C=O) groups is 3. The van der Waals surface area contributed by atoms with Gasteiger partial charge < -0.3 is 15.5 Å². The summed E-state index contributed by atoms with van der Waals surface area (Å²) >= 11 is 0. The molecular weight excluding hydrogens is 386 g/mol. The number of rotatable bonds is 6. The highest BCUT2D eigenvalue weighted by molar-refractivity contribution is 6.17. The van der Waals surface area contributed by atoms with Crippen LogP contribution in [0.15, 0.2) is 66.4 Å². The van der Waals surface area contributed by atoms with Gasteiger partial charge in [0.1, 0.15) is 5.70 Å². The van der Waals surface area contributed by atoms with E-state index in [-0.39, 0.29) is 24.4 Å². The Labute approximate surface area is 171 Å². The standard InChI is InChI=1S/C22H17N3O5/c26-10-9-25-20(27)12-19(21(25)28)23-14-7-5-13(6-8-14)18-11-16(22(29)30)15-3-1-2-4-17(15)24-18/h1-8,11-12,23,26H,9-10H2,(H,29,30). The van der Waals surface area contributed by atoms with Crippen molar-refractivity contribution in [2.75, 3.05) is 18.5 Å². The fourth-order valence-electron chi connectivity index (χ4n) is 3.29. The van der Waals surface area contributed by atoms with E-state index < -0.39 is 17.8 Å². The van der Waals surface area contributed by atoms with Crippen molar-refractivity contribution in [2.45, 2.75) is 0 Å². The van der Waals surface area contributed by atoms with Crippen molar-refractivity contribution < 1.29 is 24.6 Å². The minimum Gasteiger partial charge on any atom is -0.478 e. The van der Waals surface area contributed by atoms with Gasteiger partial charge in [0, 0.05) is 22.7 Å². The Morgan fingerprint density at radius 2 is 1.80 bits per heavy atom. The molecule has 1 aliphatic heterocycles. The van der Waals surface area contributed by atoms with Gasteiger partial charge in [0.05, 0.1) is 29.9 Å². The van der Waals surface area contributed by atoms with Crippen molar-refractivity contribution in [1.29, 1.82) is 0 Å². The number of amides is 2. The summed E-state index contributed by atoms with van der Waals surface area (Å²) in [6.45, 7) is -0.359. The van der Waals surface area contributed by atoms with Gasteiger partial charge in [0.15, 0.2) is 0 Å². The minimum absolute atomic E-state index is 0.0577. The number of benzene rings is 2. The molecule has 2 aromatic carbocycles. The first-order valence-corrected chi connectivity index (χ1v) is 9.17. The Morgan fingerprint density at radius 3 is 2.50 bits per heavy atom. The lowest BCUT2D eigenvalue weighted by atomic mass is 10.0. The van der Waals surface area contributed by atoms with Gasteiger partial charge in [0.25, 0.3) is 11.8 Å². The summed E-state index contributed by atoms with van der Waals surface area (Å²) in [7, 11) is 0. The number of nitrogens with zero attached hydrogens (tertiary/aromatic N) is 2. The molecule has 0 bridgehead atoms. The molecule has 3 aromatic rings. The third-order valence-corrected chi connectivity index (χ3v) is 4.74. The molecule has 8 heteroatoms. The largest absolute Gasteiger partial charge is 0.478 e. The number of pyridine rings is 1. The molecule has 1 aromatic heterocycles. The number of fused-ring (bicyclic) bond motifs is 1. The monoisotopic (exact) mass is 403 g/mol. The fraction of sp³-hybridized carbons (Fsp3) is 0.0909. The average molecular weight is 403 g/mol. The molecule has 4 rings (SSSR count). The zero-order valence-electron chi connectivity index (χ0n) is 15.7. The number of β-amino-alcohol motifs (C(OH)–C–C–N with tert-alkyl or cyclic N) is 1. The summed E-state index contributed by atoms with van der Waals surface area (Å²) in [4.78, 5) is 41.2. The number of anilines is 1. The van der Waals surface area contributed by atoms with Crippen molar-refractivity contribution in [3.8, 4) is 11.3 Å². The smallest absolute Gasteiger partial charge is 0.336 e. The molecule has 0 fully saturated rings. The van der Waals surface area contributed by atoms with Crippen molar-refractivity contribution in [2.24, 2.45) is 0 Å². The summed E-state index contributed by atoms with van der Waals surface area (Å²) < 4.78 is 0. The maximum Gasteiger partial charge on any atom is 0.336 e. The van der Waals surface area contributed by atoms with Crippen molar-refractivity contribution in [3.05, 3.63) is 71.9 Å². The molecule has 3 N–H and O–H groups in total. The number of imide groups is 1. The van der Waals surface area contributed by atoms with Gasteiger partial charge in [-0.25, -0.2) is 9.78 Å². The molecule has 0 saturated heterocycles. The Bertz CT molecular complexity index is 1200. The lowest BCUT2D eigenvalue weighted by Gasteiger charge is -2.13. The number of nitrogens with one attached hydrogen (secondary N) is 1. The van der Waals surface area contributed by atoms with Gasteiger partial charge in [0.2, 0.25) is 0 Å². The molecule has 8 nitrogen and oxygen atoms in total. The Balaban J connectivity index is 1.60. The van der Waals surface area contributed by atoms with Crippen LogP contribution in [0.5, 0.6) is 0 Å². The second-order valence-corrected chi connectivity index (χ2v) is 6.66. The number of carboxylic acids is 1. The average Bonchev–Trinajstić information content (AvgIpc) is 3.01. The van der Waals surface area contributed by atoms with Crippen LogP contribution in [0.4, 0.5) is 5.69 Å². The van der Waals surface area contributed by atoms with E-state index in [0.717, 1.165) is 4.90 Å². The quantitative estimate of drug-likeness (QED) is 0.540. The summed E-state index contributed by atoms with van der Waals surface area (Å²) in [5, 5.41) is 22.0. The fourth-order valence-corrected chi connectivity index (χ4v) is 3.29. The van der Waals surface area contributed by atoms with Crippen molar-refractivity contribution >= 4 is 34.4 Å². The lowest BCUT2D eigenvalue weighted by molar-refractivity contribution is -0.137. The molecule has 0 radical (unpaired) electrons. The zero-order valence-corrected chi connectivity index (χ0v) is 15.7. The number of carbonyl (C=O) groups excluding carboxylic acids is 2. The van der Waals surface area contributed by atoms with E-state index >= 15 is 0 Å². The van der Waals surface area contributed by atoms with Crippen LogP contribution in [0.1, 0.15) is 10.4 Å². The number of carboxylic acid groups (broad SMARTS) is 1. The van der Waals surface area contributed by atoms with Gasteiger partial charge in [-0.15, -0.1) is 0 Å². The van der Waals surface area contributed by atoms with Gasteiger partial charge in [-0.1, -0.05) is 30.3 Å². The number of hydrogen-bond acceptors (Lipinski definition) is 6. The third-order valence-electron chi connectivity index (χ3n) is 4.74. The molecule has 2 heterocycles. The van der Waals surface area contributed by atoms with Crippen molar-refractivity contribution in [3.63, 3.8) is 0 Å². The van der Waals surface area contributed by atoms with Crippen LogP contribution < -0.4 is 5.32 Å². The first-order chi connectivity index (χ1) is 14.5. The van der Waals surface area contributed by atoms with Gasteiger partial charge in [-0.2, -0.15) is 0 Å². The van der Waals surface area contributed by atoms with Crippen LogP contribution in [0.2, 0.25) is 0 Å². The molecule has 0 saturated carbocycles. The second kappa shape index (κ2) is 7.76. The van der Waals surface area contributed by atoms with Crippen LogP contribution in [-0.2, 0) is 9.59 Å². The number of para-hydroxylation sites is 1. The first-order valence-electron chi connectivity index (χ1n) is 9.17. The van der Waals surface area contributed by atoms with Gasteiger partial charge >= 0.3 is 5.97 Å². The highest BCUT2D eigenvalue weighted by Crippen LogP contribution is 2.26. The van der Waals surface area contributed by atoms with Crippen LogP contribution >= 0.6 is 0 Å². The Morgan fingerprint density at radius 1 is 1.07 bits per heavy atom. The molecule has 30 heavy (non-hydrogen) atoms. The molecule has 150 valence electrons. The van der Waals surface area contributed by atoms with Gasteiger partial charge in [-0.05, 0) is 24.3 Å². The topological polar surface area (TPSA) is 120 Å². The number of aliphatic hydroxyl groups excluding tert-OH is 1. The molecule has 0 spiro atoms. The van der Waals surface area contributed by atoms with Crippen molar-refractivity contribution in [1.82, 2.24) is 9.88 Å². The van der Waals surface area contributed by atoms with Gasteiger partial charge in [-0.3, -0.25) is 14.5 Å². The lowest BCUT2D eigenvalue weighted by Crippen LogP contribution is -2.34. The van der Waals surface area contributed by atoms with Crippen LogP contribution in [-0.4, -0.2) is 51.0 Å². The Hall–Kier alpha value is -4.04. The molecule has 0 atom stereocenters. The summed E-state index contributed by atoms with van der Waals surface area (Å²) in [5.41, 5.74) is 2.67. The normalized spacial score (nSPS) is 13.6. The first kappa shape index (κ1) is 19.3. The maximum atomic E-state index is 12.2. The maximum absolute atomic E-state index is 12.2. The zero-order chi connectivity index (χ0) is 21.3. The third kappa shape index (κ3) is 3.51. The molecule has 1 aliphatic rings. The van der Waals surface area contributed by atoms with E-state index in [1.807, 2.05) is 0 Å². The number of aromatic nitrogens is 1. The summed E-state index contributed by atoms with van der Waals surface area (Å²) in [6, 6.07) is 15.5. The SMILES string of the molecule is O=C(O)c1cc(-c2ccc(NC3=CC(=O)N(CCO)C3=O)cc2)nc2ccccc12. The predicted octanol–water partition coefficient (Wildman–Crippen LogP) is 2.26. The molecular formula is C22H17N3O5. The predicted molar refractivity (Wildman–Crippen MR) is 110 cm³/mol. The Kier molecular flexibility index (Phi) is 4.99. The molecule has 2 amide bonds. The summed E-state index contributed by atoms with van der Waals surface area (Å²) in [6.07, 6.45) is 1.19.